The van der Waals surface area contributed by atoms with E-state index in [1.165, 1.54) is 19.3 Å². The van der Waals surface area contributed by atoms with E-state index in [2.05, 4.69) is 19.2 Å². The average molecular weight is 284 g/mol. The van der Waals surface area contributed by atoms with Crippen LogP contribution in [0.1, 0.15) is 65.7 Å². The van der Waals surface area contributed by atoms with Gasteiger partial charge in [0.1, 0.15) is 0 Å². The Labute approximate surface area is 122 Å². The van der Waals surface area contributed by atoms with Gasteiger partial charge in [0.2, 0.25) is 5.91 Å². The van der Waals surface area contributed by atoms with Crippen molar-refractivity contribution in [2.75, 3.05) is 0 Å². The summed E-state index contributed by atoms with van der Waals surface area (Å²) in [5.41, 5.74) is 5.52. The topological polar surface area (TPSA) is 55.1 Å². The summed E-state index contributed by atoms with van der Waals surface area (Å²) in [6, 6.07) is 0. The van der Waals surface area contributed by atoms with Crippen molar-refractivity contribution >= 4 is 23.1 Å². The SMILES string of the molecule is CC(C)C(C)C(=O)NC1(C(N)=S)CCCCCCC1. The third-order valence-corrected chi connectivity index (χ3v) is 4.85. The number of carbonyl (C=O) groups excluding carboxylic acids is 1. The van der Waals surface area contributed by atoms with Gasteiger partial charge in [-0.05, 0) is 18.8 Å². The van der Waals surface area contributed by atoms with Crippen LogP contribution in [0, 0.1) is 11.8 Å². The largest absolute Gasteiger partial charge is 0.391 e. The Morgan fingerprint density at radius 2 is 1.58 bits per heavy atom. The second-order valence-corrected chi connectivity index (χ2v) is 6.68. The summed E-state index contributed by atoms with van der Waals surface area (Å²) in [6.45, 7) is 6.10. The molecule has 1 atom stereocenters. The highest BCUT2D eigenvalue weighted by Gasteiger charge is 2.36. The van der Waals surface area contributed by atoms with E-state index in [0.717, 1.165) is 25.7 Å². The van der Waals surface area contributed by atoms with Gasteiger partial charge in [-0.1, -0.05) is 65.1 Å². The summed E-state index contributed by atoms with van der Waals surface area (Å²) in [6.07, 6.45) is 7.66. The number of amides is 1. The zero-order chi connectivity index (χ0) is 14.5. The lowest BCUT2D eigenvalue weighted by Crippen LogP contribution is -2.58. The van der Waals surface area contributed by atoms with E-state index in [0.29, 0.717) is 10.9 Å². The van der Waals surface area contributed by atoms with Gasteiger partial charge in [-0.2, -0.15) is 0 Å². The monoisotopic (exact) mass is 284 g/mol. The van der Waals surface area contributed by atoms with Crippen molar-refractivity contribution in [1.29, 1.82) is 0 Å². The van der Waals surface area contributed by atoms with Gasteiger partial charge in [0.05, 0.1) is 10.5 Å². The summed E-state index contributed by atoms with van der Waals surface area (Å²) in [5, 5.41) is 3.18. The molecule has 1 unspecified atom stereocenters. The van der Waals surface area contributed by atoms with Crippen molar-refractivity contribution in [1.82, 2.24) is 5.32 Å². The first kappa shape index (κ1) is 16.4. The van der Waals surface area contributed by atoms with Gasteiger partial charge in [0.25, 0.3) is 0 Å². The fourth-order valence-electron chi connectivity index (χ4n) is 2.59. The second kappa shape index (κ2) is 7.22. The molecular formula is C15H28N2OS. The molecule has 1 rings (SSSR count). The quantitative estimate of drug-likeness (QED) is 0.780. The minimum atomic E-state index is -0.448. The van der Waals surface area contributed by atoms with Gasteiger partial charge >= 0.3 is 0 Å². The summed E-state index contributed by atoms with van der Waals surface area (Å²) < 4.78 is 0. The average Bonchev–Trinajstić information content (AvgIpc) is 2.31. The van der Waals surface area contributed by atoms with Gasteiger partial charge in [-0.15, -0.1) is 0 Å². The van der Waals surface area contributed by atoms with Crippen LogP contribution < -0.4 is 11.1 Å². The number of carbonyl (C=O) groups is 1. The molecule has 0 bridgehead atoms. The van der Waals surface area contributed by atoms with E-state index in [9.17, 15) is 4.79 Å². The Balaban J connectivity index is 2.80. The molecule has 19 heavy (non-hydrogen) atoms. The lowest BCUT2D eigenvalue weighted by Gasteiger charge is -2.36. The molecule has 0 aromatic rings. The van der Waals surface area contributed by atoms with Crippen LogP contribution in [-0.2, 0) is 4.79 Å². The third kappa shape index (κ3) is 4.44. The first-order valence-corrected chi connectivity index (χ1v) is 7.92. The minimum Gasteiger partial charge on any atom is -0.391 e. The molecule has 1 saturated carbocycles. The zero-order valence-corrected chi connectivity index (χ0v) is 13.3. The Hall–Kier alpha value is -0.640. The van der Waals surface area contributed by atoms with E-state index >= 15 is 0 Å². The van der Waals surface area contributed by atoms with Gasteiger partial charge in [-0.25, -0.2) is 0 Å². The first-order valence-electron chi connectivity index (χ1n) is 7.51. The van der Waals surface area contributed by atoms with Crippen molar-refractivity contribution < 1.29 is 4.79 Å². The molecule has 1 aliphatic rings. The molecule has 1 fully saturated rings. The molecule has 1 aliphatic carbocycles. The van der Waals surface area contributed by atoms with E-state index in [1.807, 2.05) is 6.92 Å². The first-order chi connectivity index (χ1) is 8.89. The van der Waals surface area contributed by atoms with Crippen LogP contribution in [0.2, 0.25) is 0 Å². The molecule has 110 valence electrons. The Morgan fingerprint density at radius 1 is 1.11 bits per heavy atom. The summed E-state index contributed by atoms with van der Waals surface area (Å²) in [7, 11) is 0. The van der Waals surface area contributed by atoms with Crippen LogP contribution in [-0.4, -0.2) is 16.4 Å². The molecule has 0 heterocycles. The maximum atomic E-state index is 12.3. The fourth-order valence-corrected chi connectivity index (χ4v) is 2.85. The van der Waals surface area contributed by atoms with E-state index in [4.69, 9.17) is 18.0 Å². The molecule has 0 radical (unpaired) electrons. The zero-order valence-electron chi connectivity index (χ0n) is 12.5. The van der Waals surface area contributed by atoms with E-state index < -0.39 is 5.54 Å². The Bertz CT molecular complexity index is 320. The Kier molecular flexibility index (Phi) is 6.24. The highest BCUT2D eigenvalue weighted by molar-refractivity contribution is 7.80. The second-order valence-electron chi connectivity index (χ2n) is 6.24. The molecule has 4 heteroatoms. The van der Waals surface area contributed by atoms with Crippen LogP contribution in [0.4, 0.5) is 0 Å². The van der Waals surface area contributed by atoms with Crippen molar-refractivity contribution in [2.24, 2.45) is 17.6 Å². The number of nitrogens with two attached hydrogens (primary N) is 1. The Morgan fingerprint density at radius 3 is 2.00 bits per heavy atom. The molecule has 0 aromatic carbocycles. The third-order valence-electron chi connectivity index (χ3n) is 4.45. The highest BCUT2D eigenvalue weighted by atomic mass is 32.1. The van der Waals surface area contributed by atoms with E-state index in [-0.39, 0.29) is 11.8 Å². The molecule has 3 N–H and O–H groups in total. The summed E-state index contributed by atoms with van der Waals surface area (Å²) in [4.78, 5) is 12.8. The lowest BCUT2D eigenvalue weighted by molar-refractivity contribution is -0.127. The van der Waals surface area contributed by atoms with Gasteiger partial charge in [0, 0.05) is 5.92 Å². The predicted molar refractivity (Wildman–Crippen MR) is 84.0 cm³/mol. The van der Waals surface area contributed by atoms with E-state index in [1.54, 1.807) is 0 Å². The molecule has 0 aromatic heterocycles. The van der Waals surface area contributed by atoms with Gasteiger partial charge < -0.3 is 11.1 Å². The van der Waals surface area contributed by atoms with Gasteiger partial charge in [-0.3, -0.25) is 4.79 Å². The van der Waals surface area contributed by atoms with Crippen molar-refractivity contribution in [3.63, 3.8) is 0 Å². The maximum absolute atomic E-state index is 12.3. The standard InChI is InChI=1S/C15H28N2OS/c1-11(2)12(3)13(18)17-15(14(16)19)9-7-5-4-6-8-10-15/h11-12H,4-10H2,1-3H3,(H2,16,19)(H,17,18). The van der Waals surface area contributed by atoms with Crippen LogP contribution in [0.3, 0.4) is 0 Å². The maximum Gasteiger partial charge on any atom is 0.223 e. The highest BCUT2D eigenvalue weighted by Crippen LogP contribution is 2.27. The smallest absolute Gasteiger partial charge is 0.223 e. The molecule has 1 amide bonds. The summed E-state index contributed by atoms with van der Waals surface area (Å²) in [5.74, 6) is 0.414. The lowest BCUT2D eigenvalue weighted by atomic mass is 9.83. The minimum absolute atomic E-state index is 0.00309. The number of nitrogens with one attached hydrogen (secondary N) is 1. The molecule has 0 spiro atoms. The molecule has 0 saturated heterocycles. The van der Waals surface area contributed by atoms with Crippen molar-refractivity contribution in [2.45, 2.75) is 71.3 Å². The number of hydrogen-bond acceptors (Lipinski definition) is 2. The fraction of sp³-hybridized carbons (Fsp3) is 0.867. The van der Waals surface area contributed by atoms with Gasteiger partial charge in [0.15, 0.2) is 0 Å². The van der Waals surface area contributed by atoms with Crippen LogP contribution in [0.5, 0.6) is 0 Å². The summed E-state index contributed by atoms with van der Waals surface area (Å²) >= 11 is 5.27. The van der Waals surface area contributed by atoms with Crippen molar-refractivity contribution in [3.05, 3.63) is 0 Å². The molecule has 3 nitrogen and oxygen atoms in total. The van der Waals surface area contributed by atoms with Crippen molar-refractivity contribution in [3.8, 4) is 0 Å². The molecule has 0 aliphatic heterocycles. The number of thiocarbonyl (C=S) groups is 1. The normalized spacial score (nSPS) is 21.3. The van der Waals surface area contributed by atoms with Crippen LogP contribution in [0.15, 0.2) is 0 Å². The van der Waals surface area contributed by atoms with Crippen LogP contribution >= 0.6 is 12.2 Å². The van der Waals surface area contributed by atoms with Crippen LogP contribution in [0.25, 0.3) is 0 Å². The number of hydrogen-bond donors (Lipinski definition) is 2. The predicted octanol–water partition coefficient (Wildman–Crippen LogP) is 3.16. The molecular weight excluding hydrogens is 256 g/mol. The number of rotatable bonds is 4.